The third-order valence-electron chi connectivity index (χ3n) is 2.22. The highest BCUT2D eigenvalue weighted by molar-refractivity contribution is 5.86. The van der Waals surface area contributed by atoms with Crippen LogP contribution in [0.15, 0.2) is 24.3 Å². The number of rotatable bonds is 4. The Bertz CT molecular complexity index is 421. The van der Waals surface area contributed by atoms with Gasteiger partial charge in [-0.3, -0.25) is 9.59 Å². The first-order valence-corrected chi connectivity index (χ1v) is 5.29. The van der Waals surface area contributed by atoms with Crippen molar-refractivity contribution in [2.45, 2.75) is 26.4 Å². The zero-order chi connectivity index (χ0) is 12.8. The fourth-order valence-corrected chi connectivity index (χ4v) is 1.35. The monoisotopic (exact) mass is 238 g/mol. The molecule has 0 aromatic heterocycles. The van der Waals surface area contributed by atoms with Crippen LogP contribution in [-0.2, 0) is 16.1 Å². The van der Waals surface area contributed by atoms with Crippen LogP contribution in [0.3, 0.4) is 0 Å². The Morgan fingerprint density at radius 1 is 1.35 bits per heavy atom. The number of benzene rings is 1. The normalized spacial score (nSPS) is 11.7. The van der Waals surface area contributed by atoms with Crippen LogP contribution < -0.4 is 10.6 Å². The van der Waals surface area contributed by atoms with E-state index in [1.807, 2.05) is 0 Å². The lowest BCUT2D eigenvalue weighted by Gasteiger charge is -2.12. The van der Waals surface area contributed by atoms with Crippen molar-refractivity contribution in [2.24, 2.45) is 0 Å². The van der Waals surface area contributed by atoms with Gasteiger partial charge in [0.1, 0.15) is 11.9 Å². The number of nitrogens with one attached hydrogen (secondary N) is 2. The lowest BCUT2D eigenvalue weighted by atomic mass is 10.2. The Morgan fingerprint density at radius 2 is 2.00 bits per heavy atom. The van der Waals surface area contributed by atoms with Crippen molar-refractivity contribution in [1.29, 1.82) is 0 Å². The fraction of sp³-hybridized carbons (Fsp3) is 0.333. The van der Waals surface area contributed by atoms with Gasteiger partial charge in [0, 0.05) is 19.0 Å². The van der Waals surface area contributed by atoms with E-state index in [0.717, 1.165) is 0 Å². The Morgan fingerprint density at radius 3 is 2.59 bits per heavy atom. The molecule has 2 N–H and O–H groups in total. The first-order valence-electron chi connectivity index (χ1n) is 5.29. The molecule has 0 aliphatic rings. The highest BCUT2D eigenvalue weighted by Crippen LogP contribution is 2.05. The van der Waals surface area contributed by atoms with E-state index in [0.29, 0.717) is 5.56 Å². The summed E-state index contributed by atoms with van der Waals surface area (Å²) in [6.45, 7) is 3.01. The first-order chi connectivity index (χ1) is 8.00. The highest BCUT2D eigenvalue weighted by Gasteiger charge is 2.13. The number of carbonyl (C=O) groups excluding carboxylic acids is 2. The van der Waals surface area contributed by atoms with E-state index >= 15 is 0 Å². The second-order valence-electron chi connectivity index (χ2n) is 3.73. The van der Waals surface area contributed by atoms with E-state index in [4.69, 9.17) is 0 Å². The molecule has 92 valence electrons. The molecule has 5 heteroatoms. The Kier molecular flexibility index (Phi) is 4.63. The van der Waals surface area contributed by atoms with E-state index in [2.05, 4.69) is 10.6 Å². The average molecular weight is 238 g/mol. The van der Waals surface area contributed by atoms with Gasteiger partial charge in [-0.05, 0) is 13.0 Å². The van der Waals surface area contributed by atoms with Crippen molar-refractivity contribution in [3.63, 3.8) is 0 Å². The minimum absolute atomic E-state index is 0.107. The molecule has 0 radical (unpaired) electrons. The lowest BCUT2D eigenvalue weighted by molar-refractivity contribution is -0.127. The molecular weight excluding hydrogens is 223 g/mol. The van der Waals surface area contributed by atoms with E-state index in [1.54, 1.807) is 25.1 Å². The molecule has 0 spiro atoms. The summed E-state index contributed by atoms with van der Waals surface area (Å²) in [5, 5.41) is 5.00. The molecule has 17 heavy (non-hydrogen) atoms. The van der Waals surface area contributed by atoms with Gasteiger partial charge in [-0.15, -0.1) is 0 Å². The van der Waals surface area contributed by atoms with Crippen molar-refractivity contribution in [1.82, 2.24) is 10.6 Å². The summed E-state index contributed by atoms with van der Waals surface area (Å²) in [5.74, 6) is -0.984. The van der Waals surface area contributed by atoms with Gasteiger partial charge in [0.05, 0.1) is 0 Å². The summed E-state index contributed by atoms with van der Waals surface area (Å²) < 4.78 is 13.2. The second kappa shape index (κ2) is 5.98. The van der Waals surface area contributed by atoms with Crippen LogP contribution in [0.25, 0.3) is 0 Å². The van der Waals surface area contributed by atoms with Crippen LogP contribution >= 0.6 is 0 Å². The molecule has 1 rings (SSSR count). The third kappa shape index (κ3) is 4.22. The van der Waals surface area contributed by atoms with E-state index < -0.39 is 6.04 Å². The Balaban J connectivity index is 2.48. The standard InChI is InChI=1S/C12H15FN2O2/c1-8(15-9(2)16)12(17)14-7-10-5-3-4-6-11(10)13/h3-6,8H,7H2,1-2H3,(H,14,17)(H,15,16). The van der Waals surface area contributed by atoms with Crippen LogP contribution in [0.4, 0.5) is 4.39 Å². The summed E-state index contributed by atoms with van der Waals surface area (Å²) in [4.78, 5) is 22.3. The molecule has 1 aromatic rings. The third-order valence-corrected chi connectivity index (χ3v) is 2.22. The first kappa shape index (κ1) is 13.2. The quantitative estimate of drug-likeness (QED) is 0.821. The average Bonchev–Trinajstić information content (AvgIpc) is 2.26. The fourth-order valence-electron chi connectivity index (χ4n) is 1.35. The molecule has 0 aliphatic carbocycles. The topological polar surface area (TPSA) is 58.2 Å². The molecule has 1 aromatic carbocycles. The number of halogens is 1. The molecule has 0 saturated heterocycles. The Hall–Kier alpha value is -1.91. The molecule has 0 aliphatic heterocycles. The van der Waals surface area contributed by atoms with Gasteiger partial charge in [-0.2, -0.15) is 0 Å². The molecule has 2 amide bonds. The smallest absolute Gasteiger partial charge is 0.242 e. The van der Waals surface area contributed by atoms with Crippen LogP contribution in [0, 0.1) is 5.82 Å². The van der Waals surface area contributed by atoms with Crippen molar-refractivity contribution in [3.8, 4) is 0 Å². The molecule has 0 heterocycles. The maximum absolute atomic E-state index is 13.2. The van der Waals surface area contributed by atoms with Gasteiger partial charge in [0.25, 0.3) is 0 Å². The molecule has 0 bridgehead atoms. The van der Waals surface area contributed by atoms with Gasteiger partial charge >= 0.3 is 0 Å². The summed E-state index contributed by atoms with van der Waals surface area (Å²) in [6, 6.07) is 5.58. The summed E-state index contributed by atoms with van der Waals surface area (Å²) in [5.41, 5.74) is 0.413. The summed E-state index contributed by atoms with van der Waals surface area (Å²) in [6.07, 6.45) is 0. The lowest BCUT2D eigenvalue weighted by Crippen LogP contribution is -2.43. The SMILES string of the molecule is CC(=O)NC(C)C(=O)NCc1ccccc1F. The van der Waals surface area contributed by atoms with Crippen LogP contribution in [0.5, 0.6) is 0 Å². The molecule has 1 unspecified atom stereocenters. The van der Waals surface area contributed by atoms with Gasteiger partial charge < -0.3 is 10.6 Å². The number of hydrogen-bond acceptors (Lipinski definition) is 2. The van der Waals surface area contributed by atoms with Gasteiger partial charge in [-0.1, -0.05) is 18.2 Å². The maximum Gasteiger partial charge on any atom is 0.242 e. The van der Waals surface area contributed by atoms with E-state index in [-0.39, 0.29) is 24.2 Å². The predicted octanol–water partition coefficient (Wildman–Crippen LogP) is 0.966. The summed E-state index contributed by atoms with van der Waals surface area (Å²) in [7, 11) is 0. The highest BCUT2D eigenvalue weighted by atomic mass is 19.1. The Labute approximate surface area is 99.2 Å². The van der Waals surface area contributed by atoms with Crippen LogP contribution in [0.2, 0.25) is 0 Å². The number of hydrogen-bond donors (Lipinski definition) is 2. The molecule has 0 fully saturated rings. The molecular formula is C12H15FN2O2. The minimum Gasteiger partial charge on any atom is -0.350 e. The van der Waals surface area contributed by atoms with Crippen molar-refractivity contribution in [3.05, 3.63) is 35.6 Å². The van der Waals surface area contributed by atoms with Crippen molar-refractivity contribution < 1.29 is 14.0 Å². The number of carbonyl (C=O) groups is 2. The van der Waals surface area contributed by atoms with E-state index in [9.17, 15) is 14.0 Å². The van der Waals surface area contributed by atoms with Crippen LogP contribution in [0.1, 0.15) is 19.4 Å². The molecule has 1 atom stereocenters. The van der Waals surface area contributed by atoms with E-state index in [1.165, 1.54) is 13.0 Å². The second-order valence-corrected chi connectivity index (χ2v) is 3.73. The van der Waals surface area contributed by atoms with Gasteiger partial charge in [-0.25, -0.2) is 4.39 Å². The van der Waals surface area contributed by atoms with Crippen molar-refractivity contribution >= 4 is 11.8 Å². The number of amides is 2. The predicted molar refractivity (Wildman–Crippen MR) is 61.5 cm³/mol. The van der Waals surface area contributed by atoms with Gasteiger partial charge in [0.15, 0.2) is 0 Å². The largest absolute Gasteiger partial charge is 0.350 e. The minimum atomic E-state index is -0.626. The summed E-state index contributed by atoms with van der Waals surface area (Å²) >= 11 is 0. The maximum atomic E-state index is 13.2. The zero-order valence-corrected chi connectivity index (χ0v) is 9.79. The van der Waals surface area contributed by atoms with Crippen molar-refractivity contribution in [2.75, 3.05) is 0 Å². The zero-order valence-electron chi connectivity index (χ0n) is 9.79. The molecule has 0 saturated carbocycles. The van der Waals surface area contributed by atoms with Crippen LogP contribution in [-0.4, -0.2) is 17.9 Å². The van der Waals surface area contributed by atoms with Gasteiger partial charge in [0.2, 0.25) is 11.8 Å². The molecule has 4 nitrogen and oxygen atoms in total.